The smallest absolute Gasteiger partial charge is 0.126 e. The molecule has 0 amide bonds. The summed E-state index contributed by atoms with van der Waals surface area (Å²) >= 11 is 4.34. The molecule has 0 aliphatic carbocycles. The van der Waals surface area contributed by atoms with Crippen LogP contribution in [0.25, 0.3) is 0 Å². The third-order valence-corrected chi connectivity index (χ3v) is 2.92. The van der Waals surface area contributed by atoms with E-state index in [0.717, 1.165) is 11.5 Å². The minimum absolute atomic E-state index is 0.238. The van der Waals surface area contributed by atoms with Crippen molar-refractivity contribution in [3.05, 3.63) is 28.8 Å². The first-order valence-electron chi connectivity index (χ1n) is 5.07. The average Bonchev–Trinajstić information content (AvgIpc) is 2.19. The number of thiol groups is 1. The molecule has 1 atom stereocenters. The van der Waals surface area contributed by atoms with E-state index < -0.39 is 0 Å². The second kappa shape index (κ2) is 5.42. The second-order valence-electron chi connectivity index (χ2n) is 3.73. The van der Waals surface area contributed by atoms with Gasteiger partial charge in [0, 0.05) is 17.4 Å². The van der Waals surface area contributed by atoms with Crippen LogP contribution in [0.15, 0.2) is 12.1 Å². The Morgan fingerprint density at radius 3 is 2.53 bits per heavy atom. The summed E-state index contributed by atoms with van der Waals surface area (Å²) < 4.78 is 5.44. The predicted octanol–water partition coefficient (Wildman–Crippen LogP) is 2.50. The van der Waals surface area contributed by atoms with E-state index in [9.17, 15) is 0 Å². The molecule has 0 spiro atoms. The first-order chi connectivity index (χ1) is 7.13. The summed E-state index contributed by atoms with van der Waals surface area (Å²) in [5.74, 6) is 1.73. The Labute approximate surface area is 97.4 Å². The Balaban J connectivity index is 3.24. The van der Waals surface area contributed by atoms with Crippen molar-refractivity contribution in [1.82, 2.24) is 5.32 Å². The first-order valence-corrected chi connectivity index (χ1v) is 5.70. The number of ether oxygens (including phenoxy) is 1. The molecule has 1 unspecified atom stereocenters. The van der Waals surface area contributed by atoms with Crippen LogP contribution in [0.1, 0.15) is 22.7 Å². The largest absolute Gasteiger partial charge is 0.496 e. The molecular weight excluding hydrogens is 206 g/mol. The highest BCUT2D eigenvalue weighted by Gasteiger charge is 2.15. The van der Waals surface area contributed by atoms with Gasteiger partial charge in [-0.25, -0.2) is 0 Å². The molecule has 2 nitrogen and oxygen atoms in total. The topological polar surface area (TPSA) is 21.3 Å². The van der Waals surface area contributed by atoms with Crippen LogP contribution in [0.4, 0.5) is 0 Å². The summed E-state index contributed by atoms with van der Waals surface area (Å²) in [5.41, 5.74) is 3.62. The number of aryl methyl sites for hydroxylation is 2. The molecule has 1 aromatic carbocycles. The van der Waals surface area contributed by atoms with Crippen molar-refractivity contribution in [1.29, 1.82) is 0 Å². The van der Waals surface area contributed by atoms with Crippen molar-refractivity contribution >= 4 is 12.6 Å². The van der Waals surface area contributed by atoms with Gasteiger partial charge in [0.05, 0.1) is 7.11 Å². The number of nitrogens with one attached hydrogen (secondary N) is 1. The zero-order valence-electron chi connectivity index (χ0n) is 9.79. The standard InChI is InChI=1S/C12H19NOS/c1-8-5-9(2)12(14-4)10(6-8)11(7-15)13-3/h5-6,11,13,15H,7H2,1-4H3. The molecule has 0 heterocycles. The van der Waals surface area contributed by atoms with E-state index in [1.165, 1.54) is 16.7 Å². The molecule has 0 aromatic heterocycles. The zero-order valence-corrected chi connectivity index (χ0v) is 10.7. The number of hydrogen-bond acceptors (Lipinski definition) is 3. The summed E-state index contributed by atoms with van der Waals surface area (Å²) in [6.07, 6.45) is 0. The number of hydrogen-bond donors (Lipinski definition) is 2. The highest BCUT2D eigenvalue weighted by atomic mass is 32.1. The molecule has 15 heavy (non-hydrogen) atoms. The van der Waals surface area contributed by atoms with Gasteiger partial charge in [0.15, 0.2) is 0 Å². The zero-order chi connectivity index (χ0) is 11.4. The van der Waals surface area contributed by atoms with Crippen molar-refractivity contribution in [3.63, 3.8) is 0 Å². The van der Waals surface area contributed by atoms with Crippen LogP contribution in [0.5, 0.6) is 5.75 Å². The molecule has 0 bridgehead atoms. The van der Waals surface area contributed by atoms with Gasteiger partial charge in [-0.3, -0.25) is 0 Å². The number of benzene rings is 1. The molecule has 84 valence electrons. The van der Waals surface area contributed by atoms with E-state index in [1.807, 2.05) is 7.05 Å². The van der Waals surface area contributed by atoms with E-state index in [4.69, 9.17) is 4.74 Å². The maximum Gasteiger partial charge on any atom is 0.126 e. The van der Waals surface area contributed by atoms with Gasteiger partial charge < -0.3 is 10.1 Å². The highest BCUT2D eigenvalue weighted by molar-refractivity contribution is 7.80. The third-order valence-electron chi connectivity index (χ3n) is 2.56. The first kappa shape index (κ1) is 12.4. The number of rotatable bonds is 4. The van der Waals surface area contributed by atoms with Crippen LogP contribution in [0.3, 0.4) is 0 Å². The lowest BCUT2D eigenvalue weighted by Gasteiger charge is -2.19. The quantitative estimate of drug-likeness (QED) is 0.768. The van der Waals surface area contributed by atoms with Gasteiger partial charge in [-0.1, -0.05) is 17.7 Å². The van der Waals surface area contributed by atoms with Gasteiger partial charge in [0.1, 0.15) is 5.75 Å². The maximum atomic E-state index is 5.44. The van der Waals surface area contributed by atoms with Gasteiger partial charge >= 0.3 is 0 Å². The minimum atomic E-state index is 0.238. The van der Waals surface area contributed by atoms with Gasteiger partial charge in [0.25, 0.3) is 0 Å². The van der Waals surface area contributed by atoms with Crippen LogP contribution in [0, 0.1) is 13.8 Å². The monoisotopic (exact) mass is 225 g/mol. The molecule has 0 saturated carbocycles. The summed E-state index contributed by atoms with van der Waals surface area (Å²) in [6, 6.07) is 4.53. The Kier molecular flexibility index (Phi) is 4.48. The summed E-state index contributed by atoms with van der Waals surface area (Å²) in [5, 5.41) is 3.24. The van der Waals surface area contributed by atoms with Crippen molar-refractivity contribution in [2.24, 2.45) is 0 Å². The Hall–Kier alpha value is -0.670. The lowest BCUT2D eigenvalue weighted by Crippen LogP contribution is -2.19. The Bertz CT molecular complexity index is 335. The van der Waals surface area contributed by atoms with Crippen LogP contribution in [-0.2, 0) is 0 Å². The summed E-state index contributed by atoms with van der Waals surface area (Å²) in [6.45, 7) is 4.17. The fourth-order valence-electron chi connectivity index (χ4n) is 1.87. The summed E-state index contributed by atoms with van der Waals surface area (Å²) in [4.78, 5) is 0. The predicted molar refractivity (Wildman–Crippen MR) is 68.1 cm³/mol. The molecule has 0 radical (unpaired) electrons. The van der Waals surface area contributed by atoms with Crippen LogP contribution < -0.4 is 10.1 Å². The average molecular weight is 225 g/mol. The third kappa shape index (κ3) is 2.67. The SMILES string of the molecule is CNC(CS)c1cc(C)cc(C)c1OC. The van der Waals surface area contributed by atoms with E-state index in [0.29, 0.717) is 0 Å². The Morgan fingerprint density at radius 2 is 2.07 bits per heavy atom. The van der Waals surface area contributed by atoms with Gasteiger partial charge in [-0.05, 0) is 26.5 Å². The molecule has 1 N–H and O–H groups in total. The maximum absolute atomic E-state index is 5.44. The lowest BCUT2D eigenvalue weighted by molar-refractivity contribution is 0.401. The lowest BCUT2D eigenvalue weighted by atomic mass is 10.0. The molecular formula is C12H19NOS. The van der Waals surface area contributed by atoms with Crippen LogP contribution >= 0.6 is 12.6 Å². The molecule has 1 aromatic rings. The van der Waals surface area contributed by atoms with E-state index >= 15 is 0 Å². The fourth-order valence-corrected chi connectivity index (χ4v) is 2.25. The fraction of sp³-hybridized carbons (Fsp3) is 0.500. The van der Waals surface area contributed by atoms with Gasteiger partial charge in [-0.2, -0.15) is 12.6 Å². The van der Waals surface area contributed by atoms with Gasteiger partial charge in [0.2, 0.25) is 0 Å². The Morgan fingerprint density at radius 1 is 1.40 bits per heavy atom. The molecule has 0 saturated heterocycles. The van der Waals surface area contributed by atoms with Crippen molar-refractivity contribution in [3.8, 4) is 5.75 Å². The van der Waals surface area contributed by atoms with Crippen molar-refractivity contribution in [2.45, 2.75) is 19.9 Å². The summed E-state index contributed by atoms with van der Waals surface area (Å²) in [7, 11) is 3.66. The second-order valence-corrected chi connectivity index (χ2v) is 4.09. The highest BCUT2D eigenvalue weighted by Crippen LogP contribution is 2.30. The molecule has 1 rings (SSSR count). The van der Waals surface area contributed by atoms with Crippen LogP contribution in [0.2, 0.25) is 0 Å². The minimum Gasteiger partial charge on any atom is -0.496 e. The van der Waals surface area contributed by atoms with E-state index in [2.05, 4.69) is 43.9 Å². The normalized spacial score (nSPS) is 12.6. The van der Waals surface area contributed by atoms with E-state index in [1.54, 1.807) is 7.11 Å². The number of methoxy groups -OCH3 is 1. The van der Waals surface area contributed by atoms with Crippen molar-refractivity contribution in [2.75, 3.05) is 19.9 Å². The molecule has 0 aliphatic rings. The van der Waals surface area contributed by atoms with Crippen molar-refractivity contribution < 1.29 is 4.74 Å². The molecule has 3 heteroatoms. The van der Waals surface area contributed by atoms with E-state index in [-0.39, 0.29) is 6.04 Å². The molecule has 0 fully saturated rings. The van der Waals surface area contributed by atoms with Gasteiger partial charge in [-0.15, -0.1) is 0 Å². The molecule has 0 aliphatic heterocycles. The van der Waals surface area contributed by atoms with Crippen LogP contribution in [-0.4, -0.2) is 19.9 Å².